The van der Waals surface area contributed by atoms with Crippen molar-refractivity contribution in [1.29, 1.82) is 0 Å². The highest BCUT2D eigenvalue weighted by Gasteiger charge is 2.56. The fraction of sp³-hybridized carbons (Fsp3) is 0.588. The zero-order chi connectivity index (χ0) is 14.6. The van der Waals surface area contributed by atoms with Crippen LogP contribution in [0.1, 0.15) is 23.5 Å². The minimum atomic E-state index is -0.0405. The molecule has 4 nitrogen and oxygen atoms in total. The summed E-state index contributed by atoms with van der Waals surface area (Å²) in [4.78, 5) is 14.9. The summed E-state index contributed by atoms with van der Waals surface area (Å²) in [5.41, 5.74) is 2.36. The van der Waals surface area contributed by atoms with Crippen molar-refractivity contribution in [2.45, 2.75) is 18.8 Å². The third-order valence-electron chi connectivity index (χ3n) is 5.62. The van der Waals surface area contributed by atoms with E-state index in [0.29, 0.717) is 17.8 Å². The predicted molar refractivity (Wildman–Crippen MR) is 78.2 cm³/mol. The smallest absolute Gasteiger partial charge is 0.230 e. The van der Waals surface area contributed by atoms with Crippen molar-refractivity contribution in [3.05, 3.63) is 29.3 Å². The molecule has 112 valence electrons. The van der Waals surface area contributed by atoms with Gasteiger partial charge in [-0.1, -0.05) is 12.1 Å². The van der Waals surface area contributed by atoms with Gasteiger partial charge in [-0.3, -0.25) is 4.79 Å². The van der Waals surface area contributed by atoms with Crippen LogP contribution in [0, 0.1) is 17.8 Å². The van der Waals surface area contributed by atoms with Crippen LogP contribution in [-0.2, 0) is 11.2 Å². The van der Waals surface area contributed by atoms with Crippen molar-refractivity contribution in [3.63, 3.8) is 0 Å². The number of methoxy groups -OCH3 is 1. The van der Waals surface area contributed by atoms with Gasteiger partial charge in [-0.25, -0.2) is 0 Å². The number of amides is 1. The van der Waals surface area contributed by atoms with Gasteiger partial charge in [0.05, 0.1) is 13.0 Å². The number of rotatable bonds is 3. The molecule has 0 spiro atoms. The van der Waals surface area contributed by atoms with Crippen molar-refractivity contribution < 1.29 is 14.6 Å². The molecule has 2 unspecified atom stereocenters. The van der Waals surface area contributed by atoms with E-state index in [1.807, 2.05) is 17.0 Å². The largest absolute Gasteiger partial charge is 0.496 e. The second-order valence-electron chi connectivity index (χ2n) is 6.54. The number of piperidine rings is 1. The van der Waals surface area contributed by atoms with Crippen LogP contribution in [0.4, 0.5) is 0 Å². The first-order chi connectivity index (χ1) is 10.2. The van der Waals surface area contributed by atoms with Crippen molar-refractivity contribution in [2.24, 2.45) is 17.8 Å². The van der Waals surface area contributed by atoms with Gasteiger partial charge in [0.15, 0.2) is 0 Å². The quantitative estimate of drug-likeness (QED) is 0.915. The lowest BCUT2D eigenvalue weighted by molar-refractivity contribution is -0.132. The third kappa shape index (κ3) is 1.89. The molecule has 1 N–H and O–H groups in total. The lowest BCUT2D eigenvalue weighted by Crippen LogP contribution is -2.35. The van der Waals surface area contributed by atoms with Crippen LogP contribution >= 0.6 is 0 Å². The molecule has 1 aromatic rings. The molecule has 0 bridgehead atoms. The number of aryl methyl sites for hydroxylation is 1. The topological polar surface area (TPSA) is 49.8 Å². The lowest BCUT2D eigenvalue weighted by atomic mass is 9.98. The van der Waals surface area contributed by atoms with E-state index in [-0.39, 0.29) is 18.4 Å². The highest BCUT2D eigenvalue weighted by Crippen LogP contribution is 2.52. The van der Waals surface area contributed by atoms with E-state index in [1.165, 1.54) is 5.56 Å². The molecule has 4 rings (SSSR count). The molecule has 4 atom stereocenters. The van der Waals surface area contributed by atoms with Crippen LogP contribution in [0.5, 0.6) is 5.75 Å². The first-order valence-electron chi connectivity index (χ1n) is 7.80. The third-order valence-corrected chi connectivity index (χ3v) is 5.62. The first-order valence-corrected chi connectivity index (χ1v) is 7.80. The van der Waals surface area contributed by atoms with E-state index in [9.17, 15) is 9.90 Å². The number of ether oxygens (including phenoxy) is 1. The highest BCUT2D eigenvalue weighted by atomic mass is 16.5. The fourth-order valence-electron chi connectivity index (χ4n) is 4.39. The second-order valence-corrected chi connectivity index (χ2v) is 6.54. The molecule has 1 heterocycles. The van der Waals surface area contributed by atoms with Crippen LogP contribution in [-0.4, -0.2) is 42.7 Å². The molecular formula is C17H21NO3. The van der Waals surface area contributed by atoms with E-state index in [2.05, 4.69) is 6.07 Å². The minimum Gasteiger partial charge on any atom is -0.496 e. The van der Waals surface area contributed by atoms with Crippen molar-refractivity contribution >= 4 is 5.91 Å². The first kappa shape index (κ1) is 13.1. The Bertz CT molecular complexity index is 573. The van der Waals surface area contributed by atoms with Gasteiger partial charge >= 0.3 is 0 Å². The maximum atomic E-state index is 12.8. The van der Waals surface area contributed by atoms with Gasteiger partial charge in [0.1, 0.15) is 5.75 Å². The van der Waals surface area contributed by atoms with Crippen LogP contribution in [0.25, 0.3) is 0 Å². The Hall–Kier alpha value is -1.55. The minimum absolute atomic E-state index is 0.0405. The summed E-state index contributed by atoms with van der Waals surface area (Å²) in [5, 5.41) is 9.23. The number of fused-ring (bicyclic) bond motifs is 2. The van der Waals surface area contributed by atoms with Gasteiger partial charge in [0, 0.05) is 25.3 Å². The molecule has 4 heteroatoms. The molecule has 1 saturated heterocycles. The number of carbonyl (C=O) groups is 1. The standard InChI is InChI=1S/C17H21NO3/c1-21-15-4-2-3-10-5-6-11(16(10)15)17(20)18-7-12-13(8-18)14(12)9-19/h2-4,11-14,19H,5-9H2,1H3/t11?,12-,13+,14?. The fourth-order valence-corrected chi connectivity index (χ4v) is 4.39. The van der Waals surface area contributed by atoms with Gasteiger partial charge in [-0.2, -0.15) is 0 Å². The van der Waals surface area contributed by atoms with Crippen molar-refractivity contribution in [3.8, 4) is 5.75 Å². The van der Waals surface area contributed by atoms with Crippen LogP contribution in [0.3, 0.4) is 0 Å². The monoisotopic (exact) mass is 287 g/mol. The molecule has 0 aromatic heterocycles. The number of carbonyl (C=O) groups excluding carboxylic acids is 1. The van der Waals surface area contributed by atoms with E-state index < -0.39 is 0 Å². The number of aliphatic hydroxyl groups is 1. The Morgan fingerprint density at radius 1 is 1.38 bits per heavy atom. The zero-order valence-electron chi connectivity index (χ0n) is 12.3. The maximum Gasteiger partial charge on any atom is 0.230 e. The molecule has 1 aliphatic heterocycles. The normalized spacial score (nSPS) is 32.8. The van der Waals surface area contributed by atoms with Gasteiger partial charge in [-0.05, 0) is 42.2 Å². The summed E-state index contributed by atoms with van der Waals surface area (Å²) in [5.74, 6) is 2.58. The van der Waals surface area contributed by atoms with Crippen molar-refractivity contribution in [2.75, 3.05) is 26.8 Å². The average Bonchev–Trinajstić information content (AvgIpc) is 2.89. The summed E-state index contributed by atoms with van der Waals surface area (Å²) >= 11 is 0. The number of aliphatic hydroxyl groups excluding tert-OH is 1. The molecule has 2 fully saturated rings. The average molecular weight is 287 g/mol. The number of hydrogen-bond donors (Lipinski definition) is 1. The Morgan fingerprint density at radius 2 is 2.14 bits per heavy atom. The molecular weight excluding hydrogens is 266 g/mol. The van der Waals surface area contributed by atoms with E-state index >= 15 is 0 Å². The maximum absolute atomic E-state index is 12.8. The molecule has 1 saturated carbocycles. The van der Waals surface area contributed by atoms with E-state index in [1.54, 1.807) is 7.11 Å². The molecule has 21 heavy (non-hydrogen) atoms. The summed E-state index contributed by atoms with van der Waals surface area (Å²) in [6.45, 7) is 1.93. The molecule has 2 aliphatic carbocycles. The number of hydrogen-bond acceptors (Lipinski definition) is 3. The second kappa shape index (κ2) is 4.73. The van der Waals surface area contributed by atoms with Crippen LogP contribution < -0.4 is 4.74 Å². The predicted octanol–water partition coefficient (Wildman–Crippen LogP) is 1.42. The van der Waals surface area contributed by atoms with E-state index in [0.717, 1.165) is 37.2 Å². The van der Waals surface area contributed by atoms with Crippen LogP contribution in [0.15, 0.2) is 18.2 Å². The van der Waals surface area contributed by atoms with Gasteiger partial charge < -0.3 is 14.7 Å². The Morgan fingerprint density at radius 3 is 2.81 bits per heavy atom. The Balaban J connectivity index is 1.53. The summed E-state index contributed by atoms with van der Waals surface area (Å²) in [7, 11) is 1.67. The van der Waals surface area contributed by atoms with Gasteiger partial charge in [0.2, 0.25) is 5.91 Å². The summed E-state index contributed by atoms with van der Waals surface area (Å²) < 4.78 is 5.46. The number of likely N-dealkylation sites (tertiary alicyclic amines) is 1. The highest BCUT2D eigenvalue weighted by molar-refractivity contribution is 5.86. The molecule has 3 aliphatic rings. The molecule has 1 amide bonds. The zero-order valence-corrected chi connectivity index (χ0v) is 12.3. The Kier molecular flexibility index (Phi) is 2.96. The summed E-state index contributed by atoms with van der Waals surface area (Å²) in [6, 6.07) is 6.06. The van der Waals surface area contributed by atoms with E-state index in [4.69, 9.17) is 4.74 Å². The van der Waals surface area contributed by atoms with Crippen LogP contribution in [0.2, 0.25) is 0 Å². The lowest BCUT2D eigenvalue weighted by Gasteiger charge is -2.24. The number of nitrogens with zero attached hydrogens (tertiary/aromatic N) is 1. The SMILES string of the molecule is COc1cccc2c1C(C(=O)N1C[C@@H]3C(CO)[C@@H]3C1)CC2. The molecule has 0 radical (unpaired) electrons. The summed E-state index contributed by atoms with van der Waals surface area (Å²) in [6.07, 6.45) is 1.85. The van der Waals surface area contributed by atoms with Gasteiger partial charge in [-0.15, -0.1) is 0 Å². The van der Waals surface area contributed by atoms with Crippen molar-refractivity contribution in [1.82, 2.24) is 4.90 Å². The Labute approximate surface area is 124 Å². The molecule has 1 aromatic carbocycles. The number of benzene rings is 1. The van der Waals surface area contributed by atoms with Gasteiger partial charge in [0.25, 0.3) is 0 Å².